The minimum Gasteiger partial charge on any atom is -0.487 e. The molecule has 0 saturated heterocycles. The monoisotopic (exact) mass is 251 g/mol. The van der Waals surface area contributed by atoms with E-state index in [-0.39, 0.29) is 0 Å². The number of benzene rings is 1. The highest BCUT2D eigenvalue weighted by Crippen LogP contribution is 2.23. The highest BCUT2D eigenvalue weighted by atomic mass is 35.5. The van der Waals surface area contributed by atoms with Crippen molar-refractivity contribution in [3.8, 4) is 5.75 Å². The van der Waals surface area contributed by atoms with Crippen LogP contribution in [-0.2, 0) is 20.2 Å². The quantitative estimate of drug-likeness (QED) is 0.906. The van der Waals surface area contributed by atoms with Crippen molar-refractivity contribution in [1.82, 2.24) is 9.78 Å². The van der Waals surface area contributed by atoms with Crippen LogP contribution in [0.25, 0.3) is 0 Å². The first-order valence-electron chi connectivity index (χ1n) is 5.29. The topological polar surface area (TPSA) is 53.1 Å². The molecule has 0 radical (unpaired) electrons. The highest BCUT2D eigenvalue weighted by Gasteiger charge is 2.04. The Morgan fingerprint density at radius 2 is 2.24 bits per heavy atom. The summed E-state index contributed by atoms with van der Waals surface area (Å²) in [6.07, 6.45) is 1.88. The van der Waals surface area contributed by atoms with E-state index in [2.05, 4.69) is 5.10 Å². The second-order valence-electron chi connectivity index (χ2n) is 3.73. The van der Waals surface area contributed by atoms with Crippen molar-refractivity contribution >= 4 is 11.6 Å². The summed E-state index contributed by atoms with van der Waals surface area (Å²) in [4.78, 5) is 0. The number of ether oxygens (including phenoxy) is 1. The van der Waals surface area contributed by atoms with Crippen molar-refractivity contribution in [3.63, 3.8) is 0 Å². The molecule has 1 heterocycles. The molecule has 1 aromatic carbocycles. The zero-order chi connectivity index (χ0) is 12.3. The molecule has 0 fully saturated rings. The van der Waals surface area contributed by atoms with Gasteiger partial charge in [0, 0.05) is 30.4 Å². The zero-order valence-corrected chi connectivity index (χ0v) is 10.3. The Labute approximate surface area is 105 Å². The lowest BCUT2D eigenvalue weighted by atomic mass is 10.2. The molecule has 0 aliphatic carbocycles. The van der Waals surface area contributed by atoms with Crippen LogP contribution in [0.1, 0.15) is 11.3 Å². The summed E-state index contributed by atoms with van der Waals surface area (Å²) in [6, 6.07) is 7.34. The molecule has 2 N–H and O–H groups in total. The van der Waals surface area contributed by atoms with Gasteiger partial charge in [0.2, 0.25) is 0 Å². The number of hydrogen-bond donors (Lipinski definition) is 1. The van der Waals surface area contributed by atoms with Gasteiger partial charge >= 0.3 is 0 Å². The van der Waals surface area contributed by atoms with Crippen LogP contribution in [0.4, 0.5) is 0 Å². The second-order valence-corrected chi connectivity index (χ2v) is 4.16. The van der Waals surface area contributed by atoms with E-state index in [4.69, 9.17) is 22.1 Å². The van der Waals surface area contributed by atoms with E-state index in [1.165, 1.54) is 0 Å². The van der Waals surface area contributed by atoms with Gasteiger partial charge in [0.1, 0.15) is 12.4 Å². The second kappa shape index (κ2) is 5.21. The number of nitrogens with two attached hydrogens (primary N) is 1. The Balaban J connectivity index is 2.08. The summed E-state index contributed by atoms with van der Waals surface area (Å²) in [6.45, 7) is 0.827. The third kappa shape index (κ3) is 2.99. The molecule has 0 aliphatic heterocycles. The van der Waals surface area contributed by atoms with Crippen molar-refractivity contribution in [1.29, 1.82) is 0 Å². The van der Waals surface area contributed by atoms with Gasteiger partial charge < -0.3 is 10.5 Å². The van der Waals surface area contributed by atoms with Crippen molar-refractivity contribution in [2.45, 2.75) is 13.2 Å². The van der Waals surface area contributed by atoms with E-state index in [1.54, 1.807) is 10.7 Å². The summed E-state index contributed by atoms with van der Waals surface area (Å²) < 4.78 is 7.41. The predicted octanol–water partition coefficient (Wildman–Crippen LogP) is 2.11. The third-order valence-electron chi connectivity index (χ3n) is 2.39. The average molecular weight is 252 g/mol. The van der Waals surface area contributed by atoms with Gasteiger partial charge in [-0.15, -0.1) is 0 Å². The molecular weight excluding hydrogens is 238 g/mol. The van der Waals surface area contributed by atoms with E-state index >= 15 is 0 Å². The minimum absolute atomic E-state index is 0.401. The maximum Gasteiger partial charge on any atom is 0.132 e. The normalized spacial score (nSPS) is 10.5. The van der Waals surface area contributed by atoms with Crippen LogP contribution in [0.3, 0.4) is 0 Å². The molecule has 0 spiro atoms. The predicted molar refractivity (Wildman–Crippen MR) is 66.9 cm³/mol. The van der Waals surface area contributed by atoms with Gasteiger partial charge in [-0.1, -0.05) is 11.6 Å². The molecule has 90 valence electrons. The van der Waals surface area contributed by atoms with Gasteiger partial charge in [0.25, 0.3) is 0 Å². The Morgan fingerprint density at radius 1 is 1.41 bits per heavy atom. The molecule has 0 bridgehead atoms. The summed E-state index contributed by atoms with van der Waals surface area (Å²) in [5, 5.41) is 4.90. The van der Waals surface area contributed by atoms with E-state index in [1.807, 2.05) is 31.4 Å². The first-order chi connectivity index (χ1) is 8.19. The first kappa shape index (κ1) is 12.0. The van der Waals surface area contributed by atoms with E-state index < -0.39 is 0 Å². The zero-order valence-electron chi connectivity index (χ0n) is 9.56. The molecule has 17 heavy (non-hydrogen) atoms. The van der Waals surface area contributed by atoms with Gasteiger partial charge in [-0.25, -0.2) is 0 Å². The van der Waals surface area contributed by atoms with Gasteiger partial charge in [-0.3, -0.25) is 4.68 Å². The largest absolute Gasteiger partial charge is 0.487 e. The lowest BCUT2D eigenvalue weighted by Crippen LogP contribution is -2.03. The Morgan fingerprint density at radius 3 is 2.88 bits per heavy atom. The summed E-state index contributed by atoms with van der Waals surface area (Å²) in [5.41, 5.74) is 7.41. The van der Waals surface area contributed by atoms with E-state index in [0.29, 0.717) is 18.2 Å². The number of rotatable bonds is 4. The molecule has 1 aromatic heterocycles. The van der Waals surface area contributed by atoms with E-state index in [9.17, 15) is 0 Å². The Hall–Kier alpha value is -1.52. The Bertz CT molecular complexity index is 510. The van der Waals surface area contributed by atoms with Crippen molar-refractivity contribution < 1.29 is 4.74 Å². The van der Waals surface area contributed by atoms with Crippen LogP contribution in [0.15, 0.2) is 30.5 Å². The van der Waals surface area contributed by atoms with Crippen LogP contribution >= 0.6 is 11.6 Å². The molecular formula is C12H14ClN3O. The van der Waals surface area contributed by atoms with Crippen LogP contribution in [0.2, 0.25) is 5.02 Å². The molecule has 5 heteroatoms. The fraction of sp³-hybridized carbons (Fsp3) is 0.250. The SMILES string of the molecule is Cn1ccc(COc2ccc(Cl)cc2CN)n1. The number of halogens is 1. The fourth-order valence-electron chi connectivity index (χ4n) is 1.54. The van der Waals surface area contributed by atoms with Crippen LogP contribution in [0.5, 0.6) is 5.75 Å². The fourth-order valence-corrected chi connectivity index (χ4v) is 1.73. The smallest absolute Gasteiger partial charge is 0.132 e. The highest BCUT2D eigenvalue weighted by molar-refractivity contribution is 6.30. The third-order valence-corrected chi connectivity index (χ3v) is 2.62. The summed E-state index contributed by atoms with van der Waals surface area (Å²) in [5.74, 6) is 0.752. The van der Waals surface area contributed by atoms with Gasteiger partial charge in [-0.05, 0) is 24.3 Å². The van der Waals surface area contributed by atoms with Crippen LogP contribution in [0, 0.1) is 0 Å². The van der Waals surface area contributed by atoms with Crippen LogP contribution < -0.4 is 10.5 Å². The van der Waals surface area contributed by atoms with Crippen LogP contribution in [-0.4, -0.2) is 9.78 Å². The molecule has 0 unspecified atom stereocenters. The lowest BCUT2D eigenvalue weighted by Gasteiger charge is -2.09. The van der Waals surface area contributed by atoms with Gasteiger partial charge in [-0.2, -0.15) is 5.10 Å². The molecule has 2 aromatic rings. The molecule has 2 rings (SSSR count). The maximum atomic E-state index is 5.89. The molecule has 0 aliphatic rings. The Kier molecular flexibility index (Phi) is 3.66. The summed E-state index contributed by atoms with van der Waals surface area (Å²) >= 11 is 5.89. The maximum absolute atomic E-state index is 5.89. The molecule has 0 saturated carbocycles. The first-order valence-corrected chi connectivity index (χ1v) is 5.66. The van der Waals surface area contributed by atoms with Gasteiger partial charge in [0.05, 0.1) is 5.69 Å². The molecule has 4 nitrogen and oxygen atoms in total. The lowest BCUT2D eigenvalue weighted by molar-refractivity contribution is 0.297. The van der Waals surface area contributed by atoms with Crippen molar-refractivity contribution in [2.24, 2.45) is 12.8 Å². The molecule has 0 amide bonds. The van der Waals surface area contributed by atoms with Gasteiger partial charge in [0.15, 0.2) is 0 Å². The number of nitrogens with zero attached hydrogens (tertiary/aromatic N) is 2. The summed E-state index contributed by atoms with van der Waals surface area (Å²) in [7, 11) is 1.87. The number of hydrogen-bond acceptors (Lipinski definition) is 3. The molecule has 0 atom stereocenters. The number of aryl methyl sites for hydroxylation is 1. The van der Waals surface area contributed by atoms with Crippen molar-refractivity contribution in [2.75, 3.05) is 0 Å². The minimum atomic E-state index is 0.401. The van der Waals surface area contributed by atoms with Crippen molar-refractivity contribution in [3.05, 3.63) is 46.7 Å². The average Bonchev–Trinajstić information content (AvgIpc) is 2.73. The standard InChI is InChI=1S/C12H14ClN3O/c1-16-5-4-11(15-16)8-17-12-3-2-10(13)6-9(12)7-14/h2-6H,7-8,14H2,1H3. The number of aromatic nitrogens is 2. The van der Waals surface area contributed by atoms with E-state index in [0.717, 1.165) is 17.0 Å².